The van der Waals surface area contributed by atoms with Crippen molar-refractivity contribution in [3.05, 3.63) is 99.0 Å². The van der Waals surface area contributed by atoms with Gasteiger partial charge in [-0.05, 0) is 50.1 Å². The number of carbonyl (C=O) groups excluding carboxylic acids is 2. The molecule has 0 aliphatic heterocycles. The number of hydrogen-bond donors (Lipinski definition) is 1. The van der Waals surface area contributed by atoms with Gasteiger partial charge in [0.15, 0.2) is 6.61 Å². The smallest absolute Gasteiger partial charge is 0.261 e. The van der Waals surface area contributed by atoms with Gasteiger partial charge in [-0.1, -0.05) is 77.3 Å². The minimum atomic E-state index is -0.778. The van der Waals surface area contributed by atoms with E-state index in [0.29, 0.717) is 34.3 Å². The first-order chi connectivity index (χ1) is 16.8. The number of halogens is 2. The van der Waals surface area contributed by atoms with E-state index in [4.69, 9.17) is 27.9 Å². The number of amides is 2. The maximum Gasteiger partial charge on any atom is 0.261 e. The van der Waals surface area contributed by atoms with E-state index >= 15 is 0 Å². The van der Waals surface area contributed by atoms with Crippen molar-refractivity contribution in [1.82, 2.24) is 10.2 Å². The molecule has 0 aliphatic rings. The van der Waals surface area contributed by atoms with Crippen LogP contribution < -0.4 is 10.1 Å². The minimum Gasteiger partial charge on any atom is -0.483 e. The maximum atomic E-state index is 13.6. The lowest BCUT2D eigenvalue weighted by Crippen LogP contribution is -2.51. The predicted octanol–water partition coefficient (Wildman–Crippen LogP) is 5.77. The third-order valence-corrected chi connectivity index (χ3v) is 6.40. The third-order valence-electron chi connectivity index (χ3n) is 5.69. The van der Waals surface area contributed by atoms with Crippen LogP contribution in [0, 0.1) is 13.8 Å². The molecule has 1 atom stereocenters. The maximum absolute atomic E-state index is 13.6. The standard InChI is InChI=1S/C28H30Cl2N2O3/c1-4-31-28(34)25(16-21-9-6-5-7-10-21)32(17-22-23(29)11-8-12-24(22)30)27(33)18-35-26-14-13-19(2)15-20(26)3/h5-15,25H,4,16-18H2,1-3H3,(H,31,34)/t25-/m0/s1. The Bertz CT molecular complexity index is 1150. The molecule has 3 aromatic carbocycles. The molecule has 0 fully saturated rings. The van der Waals surface area contributed by atoms with E-state index in [2.05, 4.69) is 5.32 Å². The van der Waals surface area contributed by atoms with E-state index in [9.17, 15) is 9.59 Å². The average molecular weight is 513 g/mol. The van der Waals surface area contributed by atoms with Crippen molar-refractivity contribution in [1.29, 1.82) is 0 Å². The van der Waals surface area contributed by atoms with Crippen LogP contribution in [0.2, 0.25) is 10.0 Å². The number of carbonyl (C=O) groups is 2. The Morgan fingerprint density at radius 3 is 2.29 bits per heavy atom. The second-order valence-electron chi connectivity index (χ2n) is 8.38. The number of nitrogens with zero attached hydrogens (tertiary/aromatic N) is 1. The van der Waals surface area contributed by atoms with Gasteiger partial charge in [-0.3, -0.25) is 9.59 Å². The molecule has 0 saturated carbocycles. The van der Waals surface area contributed by atoms with Crippen LogP contribution >= 0.6 is 23.2 Å². The quantitative estimate of drug-likeness (QED) is 0.375. The van der Waals surface area contributed by atoms with Gasteiger partial charge in [-0.2, -0.15) is 0 Å². The van der Waals surface area contributed by atoms with E-state index in [1.54, 1.807) is 18.2 Å². The Hall–Kier alpha value is -3.02. The lowest BCUT2D eigenvalue weighted by atomic mass is 10.0. The Labute approximate surface area is 217 Å². The van der Waals surface area contributed by atoms with Crippen molar-refractivity contribution < 1.29 is 14.3 Å². The van der Waals surface area contributed by atoms with Gasteiger partial charge in [-0.25, -0.2) is 0 Å². The summed E-state index contributed by atoms with van der Waals surface area (Å²) in [4.78, 5) is 28.3. The van der Waals surface area contributed by atoms with E-state index in [-0.39, 0.29) is 25.0 Å². The van der Waals surface area contributed by atoms with Crippen LogP contribution in [0.1, 0.15) is 29.2 Å². The molecule has 7 heteroatoms. The molecule has 184 valence electrons. The van der Waals surface area contributed by atoms with Crippen molar-refractivity contribution >= 4 is 35.0 Å². The fourth-order valence-electron chi connectivity index (χ4n) is 3.88. The van der Waals surface area contributed by atoms with Crippen LogP contribution in [-0.4, -0.2) is 35.9 Å². The van der Waals surface area contributed by atoms with Crippen molar-refractivity contribution in [3.8, 4) is 5.75 Å². The van der Waals surface area contributed by atoms with E-state index in [1.807, 2.05) is 69.3 Å². The first kappa shape index (κ1) is 26.6. The zero-order valence-corrected chi connectivity index (χ0v) is 21.7. The van der Waals surface area contributed by atoms with Gasteiger partial charge in [0.05, 0.1) is 0 Å². The molecule has 0 aromatic heterocycles. The van der Waals surface area contributed by atoms with Gasteiger partial charge in [0.1, 0.15) is 11.8 Å². The number of hydrogen-bond acceptors (Lipinski definition) is 3. The van der Waals surface area contributed by atoms with Crippen molar-refractivity contribution in [2.75, 3.05) is 13.2 Å². The molecule has 3 aromatic rings. The topological polar surface area (TPSA) is 58.6 Å². The Kier molecular flexibility index (Phi) is 9.58. The lowest BCUT2D eigenvalue weighted by Gasteiger charge is -2.32. The number of likely N-dealkylation sites (N-methyl/N-ethyl adjacent to an activating group) is 1. The molecule has 0 radical (unpaired) electrons. The zero-order valence-electron chi connectivity index (χ0n) is 20.2. The molecule has 1 N–H and O–H groups in total. The zero-order chi connectivity index (χ0) is 25.4. The fraction of sp³-hybridized carbons (Fsp3) is 0.286. The number of rotatable bonds is 10. The highest BCUT2D eigenvalue weighted by molar-refractivity contribution is 6.36. The van der Waals surface area contributed by atoms with Crippen LogP contribution in [0.4, 0.5) is 0 Å². The summed E-state index contributed by atoms with van der Waals surface area (Å²) in [5, 5.41) is 3.73. The van der Waals surface area contributed by atoms with Crippen LogP contribution in [-0.2, 0) is 22.6 Å². The molecule has 0 saturated heterocycles. The number of ether oxygens (including phenoxy) is 1. The summed E-state index contributed by atoms with van der Waals surface area (Å²) in [6.45, 7) is 6.06. The molecule has 0 spiro atoms. The Balaban J connectivity index is 1.95. The summed E-state index contributed by atoms with van der Waals surface area (Å²) in [7, 11) is 0. The minimum absolute atomic E-state index is 0.0716. The molecule has 0 bridgehead atoms. The lowest BCUT2D eigenvalue weighted by molar-refractivity contribution is -0.142. The summed E-state index contributed by atoms with van der Waals surface area (Å²) < 4.78 is 5.88. The van der Waals surface area contributed by atoms with Crippen molar-refractivity contribution in [3.63, 3.8) is 0 Å². The first-order valence-corrected chi connectivity index (χ1v) is 12.3. The van der Waals surface area contributed by atoms with Crippen molar-refractivity contribution in [2.24, 2.45) is 0 Å². The summed E-state index contributed by atoms with van der Waals surface area (Å²) in [6, 6.07) is 19.8. The molecule has 5 nitrogen and oxygen atoms in total. The SMILES string of the molecule is CCNC(=O)[C@H](Cc1ccccc1)N(Cc1c(Cl)cccc1Cl)C(=O)COc1ccc(C)cc1C. The van der Waals surface area contributed by atoms with Gasteiger partial charge in [0.2, 0.25) is 5.91 Å². The van der Waals surface area contributed by atoms with Gasteiger partial charge < -0.3 is 15.0 Å². The highest BCUT2D eigenvalue weighted by Crippen LogP contribution is 2.27. The molecule has 0 heterocycles. The third kappa shape index (κ3) is 7.23. The predicted molar refractivity (Wildman–Crippen MR) is 141 cm³/mol. The molecule has 2 amide bonds. The summed E-state index contributed by atoms with van der Waals surface area (Å²) in [5.41, 5.74) is 3.55. The summed E-state index contributed by atoms with van der Waals surface area (Å²) in [5.74, 6) is 0.0323. The van der Waals surface area contributed by atoms with Gasteiger partial charge in [0.25, 0.3) is 5.91 Å². The van der Waals surface area contributed by atoms with E-state index < -0.39 is 6.04 Å². The molecule has 0 unspecified atom stereocenters. The Morgan fingerprint density at radius 2 is 1.66 bits per heavy atom. The Morgan fingerprint density at radius 1 is 0.971 bits per heavy atom. The monoisotopic (exact) mass is 512 g/mol. The van der Waals surface area contributed by atoms with Crippen molar-refractivity contribution in [2.45, 2.75) is 39.8 Å². The normalized spacial score (nSPS) is 11.6. The number of nitrogens with one attached hydrogen (secondary N) is 1. The van der Waals surface area contributed by atoms with Gasteiger partial charge in [-0.15, -0.1) is 0 Å². The van der Waals surface area contributed by atoms with Crippen LogP contribution in [0.3, 0.4) is 0 Å². The molecular formula is C28H30Cl2N2O3. The second kappa shape index (κ2) is 12.6. The molecule has 3 rings (SSSR count). The summed E-state index contributed by atoms with van der Waals surface area (Å²) in [6.07, 6.45) is 0.337. The second-order valence-corrected chi connectivity index (χ2v) is 9.19. The summed E-state index contributed by atoms with van der Waals surface area (Å²) >= 11 is 12.9. The molecule has 35 heavy (non-hydrogen) atoms. The van der Waals surface area contributed by atoms with Crippen LogP contribution in [0.25, 0.3) is 0 Å². The van der Waals surface area contributed by atoms with Gasteiger partial charge >= 0.3 is 0 Å². The molecule has 0 aliphatic carbocycles. The number of aryl methyl sites for hydroxylation is 2. The molecular weight excluding hydrogens is 483 g/mol. The largest absolute Gasteiger partial charge is 0.483 e. The van der Waals surface area contributed by atoms with E-state index in [1.165, 1.54) is 4.90 Å². The van der Waals surface area contributed by atoms with Crippen LogP contribution in [0.15, 0.2) is 66.7 Å². The fourth-order valence-corrected chi connectivity index (χ4v) is 4.40. The number of benzene rings is 3. The first-order valence-electron chi connectivity index (χ1n) is 11.5. The van der Waals surface area contributed by atoms with Crippen LogP contribution in [0.5, 0.6) is 5.75 Å². The van der Waals surface area contributed by atoms with Gasteiger partial charge in [0, 0.05) is 35.1 Å². The highest BCUT2D eigenvalue weighted by Gasteiger charge is 2.31. The highest BCUT2D eigenvalue weighted by atomic mass is 35.5. The average Bonchev–Trinajstić information content (AvgIpc) is 2.83. The van der Waals surface area contributed by atoms with E-state index in [0.717, 1.165) is 16.7 Å².